The van der Waals surface area contributed by atoms with Crippen LogP contribution in [-0.2, 0) is 0 Å². The standard InChI is InChI=1S/C6H6.C5H5N.C5H10/c2*1-2-4-6-5-3-1;1-2-4-5-3-1/h1-6H;1-5H;1-5H2. The van der Waals surface area contributed by atoms with Crippen LogP contribution in [0.4, 0.5) is 0 Å². The number of nitrogens with zero attached hydrogens (tertiary/aromatic N) is 1. The van der Waals surface area contributed by atoms with E-state index in [0.717, 1.165) is 0 Å². The first-order valence-corrected chi connectivity index (χ1v) is 6.35. The van der Waals surface area contributed by atoms with E-state index >= 15 is 0 Å². The fourth-order valence-corrected chi connectivity index (χ4v) is 1.58. The predicted octanol–water partition coefficient (Wildman–Crippen LogP) is 4.72. The van der Waals surface area contributed by atoms with Crippen molar-refractivity contribution in [1.82, 2.24) is 4.98 Å². The largest absolute Gasteiger partial charge is 0.265 e. The molecule has 1 heteroatoms. The monoisotopic (exact) mass is 227 g/mol. The molecule has 1 aromatic carbocycles. The molecular weight excluding hydrogens is 206 g/mol. The average molecular weight is 227 g/mol. The van der Waals surface area contributed by atoms with Crippen LogP contribution in [-0.4, -0.2) is 4.98 Å². The maximum absolute atomic E-state index is 3.78. The van der Waals surface area contributed by atoms with Crippen LogP contribution in [0.3, 0.4) is 0 Å². The summed E-state index contributed by atoms with van der Waals surface area (Å²) in [7, 11) is 0. The Bertz CT molecular complexity index is 235. The molecule has 1 heterocycles. The van der Waals surface area contributed by atoms with E-state index in [0.29, 0.717) is 0 Å². The van der Waals surface area contributed by atoms with Crippen molar-refractivity contribution in [2.45, 2.75) is 32.1 Å². The lowest BCUT2D eigenvalue weighted by atomic mass is 10.4. The topological polar surface area (TPSA) is 12.9 Å². The Morgan fingerprint density at radius 3 is 0.882 bits per heavy atom. The molecule has 0 N–H and O–H groups in total. The van der Waals surface area contributed by atoms with Crippen molar-refractivity contribution in [3.05, 3.63) is 67.0 Å². The molecule has 1 saturated carbocycles. The average Bonchev–Trinajstić information content (AvgIpc) is 3.03. The van der Waals surface area contributed by atoms with Crippen molar-refractivity contribution in [3.63, 3.8) is 0 Å². The quantitative estimate of drug-likeness (QED) is 0.634. The van der Waals surface area contributed by atoms with Crippen LogP contribution in [0, 0.1) is 0 Å². The summed E-state index contributed by atoms with van der Waals surface area (Å²) >= 11 is 0. The van der Waals surface area contributed by atoms with Gasteiger partial charge in [0.15, 0.2) is 0 Å². The number of hydrogen-bond donors (Lipinski definition) is 0. The molecule has 3 rings (SSSR count). The second kappa shape index (κ2) is 10.9. The molecule has 90 valence electrons. The van der Waals surface area contributed by atoms with E-state index in [1.54, 1.807) is 12.4 Å². The molecule has 17 heavy (non-hydrogen) atoms. The summed E-state index contributed by atoms with van der Waals surface area (Å²) in [5.41, 5.74) is 0. The molecule has 0 bridgehead atoms. The fourth-order valence-electron chi connectivity index (χ4n) is 1.58. The van der Waals surface area contributed by atoms with Crippen molar-refractivity contribution in [2.24, 2.45) is 0 Å². The Balaban J connectivity index is 0.000000128. The zero-order valence-electron chi connectivity index (χ0n) is 10.3. The maximum Gasteiger partial charge on any atom is 0.0267 e. The van der Waals surface area contributed by atoms with Gasteiger partial charge in [0.05, 0.1) is 0 Å². The van der Waals surface area contributed by atoms with Gasteiger partial charge < -0.3 is 0 Å². The second-order valence-corrected chi connectivity index (χ2v) is 3.95. The lowest BCUT2D eigenvalue weighted by molar-refractivity contribution is 0.886. The molecule has 0 saturated heterocycles. The molecule has 0 amide bonds. The first-order valence-electron chi connectivity index (χ1n) is 6.35. The number of hydrogen-bond acceptors (Lipinski definition) is 1. The van der Waals surface area contributed by atoms with E-state index in [4.69, 9.17) is 0 Å². The lowest BCUT2D eigenvalue weighted by Crippen LogP contribution is -1.58. The van der Waals surface area contributed by atoms with Crippen LogP contribution in [0.1, 0.15) is 32.1 Å². The van der Waals surface area contributed by atoms with E-state index < -0.39 is 0 Å². The van der Waals surface area contributed by atoms with Crippen molar-refractivity contribution in [1.29, 1.82) is 0 Å². The minimum Gasteiger partial charge on any atom is -0.265 e. The lowest BCUT2D eigenvalue weighted by Gasteiger charge is -1.70. The van der Waals surface area contributed by atoms with Gasteiger partial charge in [-0.1, -0.05) is 74.6 Å². The summed E-state index contributed by atoms with van der Waals surface area (Å²) in [5, 5.41) is 0. The van der Waals surface area contributed by atoms with Crippen LogP contribution in [0.15, 0.2) is 67.0 Å². The Kier molecular flexibility index (Phi) is 8.59. The highest BCUT2D eigenvalue weighted by Gasteiger charge is 1.95. The number of benzene rings is 1. The summed E-state index contributed by atoms with van der Waals surface area (Å²) in [6.45, 7) is 0. The number of pyridine rings is 1. The van der Waals surface area contributed by atoms with Crippen LogP contribution < -0.4 is 0 Å². The van der Waals surface area contributed by atoms with E-state index in [1.807, 2.05) is 54.6 Å². The van der Waals surface area contributed by atoms with Crippen molar-refractivity contribution in [3.8, 4) is 0 Å². The zero-order valence-corrected chi connectivity index (χ0v) is 10.3. The molecule has 0 atom stereocenters. The van der Waals surface area contributed by atoms with E-state index in [2.05, 4.69) is 4.98 Å². The molecule has 0 unspecified atom stereocenters. The summed E-state index contributed by atoms with van der Waals surface area (Å²) in [6.07, 6.45) is 11.0. The molecule has 0 spiro atoms. The molecule has 1 aliphatic rings. The summed E-state index contributed by atoms with van der Waals surface area (Å²) in [4.78, 5) is 3.78. The van der Waals surface area contributed by atoms with Crippen LogP contribution in [0.2, 0.25) is 0 Å². The number of rotatable bonds is 0. The van der Waals surface area contributed by atoms with Crippen molar-refractivity contribution >= 4 is 0 Å². The normalized spacial score (nSPS) is 12.7. The first-order chi connectivity index (χ1) is 8.50. The molecule has 0 aliphatic heterocycles. The van der Waals surface area contributed by atoms with Gasteiger partial charge in [0.1, 0.15) is 0 Å². The van der Waals surface area contributed by atoms with Gasteiger partial charge in [0.25, 0.3) is 0 Å². The van der Waals surface area contributed by atoms with Crippen molar-refractivity contribution < 1.29 is 0 Å². The van der Waals surface area contributed by atoms with Crippen LogP contribution in [0.25, 0.3) is 0 Å². The minimum absolute atomic E-state index is 1.50. The summed E-state index contributed by atoms with van der Waals surface area (Å²) in [5.74, 6) is 0. The molecule has 1 aliphatic carbocycles. The number of aromatic nitrogens is 1. The van der Waals surface area contributed by atoms with Crippen molar-refractivity contribution in [2.75, 3.05) is 0 Å². The van der Waals surface area contributed by atoms with Gasteiger partial charge in [-0.15, -0.1) is 0 Å². The predicted molar refractivity (Wildman–Crippen MR) is 73.8 cm³/mol. The smallest absolute Gasteiger partial charge is 0.0267 e. The van der Waals surface area contributed by atoms with Gasteiger partial charge in [0.2, 0.25) is 0 Å². The summed E-state index contributed by atoms with van der Waals surface area (Å²) in [6, 6.07) is 17.7. The van der Waals surface area contributed by atoms with Gasteiger partial charge in [-0.25, -0.2) is 0 Å². The van der Waals surface area contributed by atoms with Gasteiger partial charge in [-0.2, -0.15) is 0 Å². The second-order valence-electron chi connectivity index (χ2n) is 3.95. The Morgan fingerprint density at radius 2 is 0.706 bits per heavy atom. The third kappa shape index (κ3) is 9.31. The van der Waals surface area contributed by atoms with Gasteiger partial charge in [-0.05, 0) is 12.1 Å². The molecular formula is C16H21N. The Morgan fingerprint density at radius 1 is 0.412 bits per heavy atom. The van der Waals surface area contributed by atoms with Gasteiger partial charge in [-0.3, -0.25) is 4.98 Å². The van der Waals surface area contributed by atoms with E-state index in [9.17, 15) is 0 Å². The van der Waals surface area contributed by atoms with E-state index in [1.165, 1.54) is 32.1 Å². The Hall–Kier alpha value is -1.63. The van der Waals surface area contributed by atoms with E-state index in [-0.39, 0.29) is 0 Å². The van der Waals surface area contributed by atoms with Gasteiger partial charge >= 0.3 is 0 Å². The minimum atomic E-state index is 1.50. The first kappa shape index (κ1) is 13.4. The van der Waals surface area contributed by atoms with Crippen LogP contribution in [0.5, 0.6) is 0 Å². The highest BCUT2D eigenvalue weighted by Crippen LogP contribution is 2.15. The third-order valence-electron chi connectivity index (χ3n) is 2.48. The molecule has 1 fully saturated rings. The highest BCUT2D eigenvalue weighted by atomic mass is 14.6. The zero-order chi connectivity index (χ0) is 12.0. The summed E-state index contributed by atoms with van der Waals surface area (Å²) < 4.78 is 0. The highest BCUT2D eigenvalue weighted by molar-refractivity contribution is 4.99. The molecule has 1 nitrogen and oxygen atoms in total. The Labute approximate surface area is 105 Å². The maximum atomic E-state index is 3.78. The molecule has 0 radical (unpaired) electrons. The van der Waals surface area contributed by atoms with Gasteiger partial charge in [0, 0.05) is 12.4 Å². The fraction of sp³-hybridized carbons (Fsp3) is 0.312. The molecule has 2 aromatic rings. The molecule has 1 aromatic heterocycles. The van der Waals surface area contributed by atoms with Crippen LogP contribution >= 0.6 is 0 Å². The third-order valence-corrected chi connectivity index (χ3v) is 2.48. The SMILES string of the molecule is C1CCCC1.c1ccccc1.c1ccncc1.